The molecule has 35 heavy (non-hydrogen) atoms. The van der Waals surface area contributed by atoms with Crippen LogP contribution in [0.25, 0.3) is 17.2 Å². The SMILES string of the molecule is Cc1cc(F)c(C(=O)Nc2cccc(-c3nncn3C3CCNC3)n2)cc1-n1cnc(C2CC2)c1. The van der Waals surface area contributed by atoms with Crippen molar-refractivity contribution in [2.24, 2.45) is 0 Å². The molecule has 9 nitrogen and oxygen atoms in total. The molecule has 1 atom stereocenters. The van der Waals surface area contributed by atoms with Gasteiger partial charge in [-0.2, -0.15) is 0 Å². The number of rotatable bonds is 6. The van der Waals surface area contributed by atoms with Gasteiger partial charge in [0.1, 0.15) is 23.7 Å². The summed E-state index contributed by atoms with van der Waals surface area (Å²) in [6, 6.07) is 8.47. The average molecular weight is 473 g/mol. The van der Waals surface area contributed by atoms with Crippen molar-refractivity contribution in [2.45, 2.75) is 38.1 Å². The van der Waals surface area contributed by atoms with E-state index in [1.165, 1.54) is 6.07 Å². The fourth-order valence-electron chi connectivity index (χ4n) is 4.56. The first-order chi connectivity index (χ1) is 17.1. The van der Waals surface area contributed by atoms with Crippen LogP contribution in [0.4, 0.5) is 10.2 Å². The number of pyridine rings is 1. The number of aryl methyl sites for hydroxylation is 1. The number of anilines is 1. The van der Waals surface area contributed by atoms with E-state index in [4.69, 9.17) is 0 Å². The third-order valence-electron chi connectivity index (χ3n) is 6.63. The van der Waals surface area contributed by atoms with E-state index in [1.807, 2.05) is 28.3 Å². The lowest BCUT2D eigenvalue weighted by molar-refractivity contribution is 0.102. The maximum atomic E-state index is 14.8. The molecule has 10 heteroatoms. The molecule has 0 radical (unpaired) electrons. The predicted molar refractivity (Wildman–Crippen MR) is 128 cm³/mol. The van der Waals surface area contributed by atoms with Crippen LogP contribution in [0.15, 0.2) is 49.2 Å². The van der Waals surface area contributed by atoms with Crippen LogP contribution in [0.5, 0.6) is 0 Å². The van der Waals surface area contributed by atoms with Gasteiger partial charge in [0, 0.05) is 18.7 Å². The monoisotopic (exact) mass is 472 g/mol. The van der Waals surface area contributed by atoms with Crippen LogP contribution < -0.4 is 10.6 Å². The minimum Gasteiger partial charge on any atom is -0.315 e. The molecule has 6 rings (SSSR count). The van der Waals surface area contributed by atoms with E-state index < -0.39 is 11.7 Å². The van der Waals surface area contributed by atoms with E-state index in [0.717, 1.165) is 49.3 Å². The number of carbonyl (C=O) groups is 1. The standard InChI is InChI=1S/C25H25FN8O/c1-15-9-19(26)18(10-22(15)33-12-21(28-13-33)16-5-6-16)25(35)31-23-4-2-3-20(30-23)24-32-29-14-34(24)17-7-8-27-11-17/h2-4,9-10,12-14,16-17,27H,5-8,11H2,1H3,(H,30,31,35). The third kappa shape index (κ3) is 4.21. The highest BCUT2D eigenvalue weighted by Crippen LogP contribution is 2.39. The summed E-state index contributed by atoms with van der Waals surface area (Å²) in [5.74, 6) is 0.291. The fraction of sp³-hybridized carbons (Fsp3) is 0.320. The summed E-state index contributed by atoms with van der Waals surface area (Å²) in [5, 5.41) is 14.4. The number of amides is 1. The number of benzene rings is 1. The van der Waals surface area contributed by atoms with Crippen molar-refractivity contribution in [3.8, 4) is 17.2 Å². The highest BCUT2D eigenvalue weighted by Gasteiger charge is 2.26. The maximum absolute atomic E-state index is 14.8. The molecule has 1 saturated heterocycles. The van der Waals surface area contributed by atoms with Gasteiger partial charge in [0.25, 0.3) is 5.91 Å². The van der Waals surface area contributed by atoms with E-state index in [1.54, 1.807) is 30.9 Å². The molecule has 3 aromatic heterocycles. The van der Waals surface area contributed by atoms with E-state index in [9.17, 15) is 9.18 Å². The molecule has 0 spiro atoms. The summed E-state index contributed by atoms with van der Waals surface area (Å²) < 4.78 is 18.7. The molecular formula is C25H25FN8O. The van der Waals surface area contributed by atoms with Gasteiger partial charge in [0.05, 0.1) is 29.3 Å². The first-order valence-corrected chi connectivity index (χ1v) is 11.8. The quantitative estimate of drug-likeness (QED) is 0.444. The zero-order valence-electron chi connectivity index (χ0n) is 19.3. The van der Waals surface area contributed by atoms with Crippen molar-refractivity contribution in [1.82, 2.24) is 34.6 Å². The van der Waals surface area contributed by atoms with Crippen LogP contribution >= 0.6 is 0 Å². The van der Waals surface area contributed by atoms with Crippen LogP contribution in [0.2, 0.25) is 0 Å². The van der Waals surface area contributed by atoms with Crippen molar-refractivity contribution in [3.63, 3.8) is 0 Å². The van der Waals surface area contributed by atoms with E-state index in [2.05, 4.69) is 30.8 Å². The molecular weight excluding hydrogens is 447 g/mol. The Hall–Kier alpha value is -3.92. The van der Waals surface area contributed by atoms with Crippen LogP contribution in [0.3, 0.4) is 0 Å². The van der Waals surface area contributed by atoms with Gasteiger partial charge in [-0.05, 0) is 62.6 Å². The summed E-state index contributed by atoms with van der Waals surface area (Å²) in [5.41, 5.74) is 3.00. The Kier molecular flexibility index (Phi) is 5.37. The number of hydrogen-bond donors (Lipinski definition) is 2. The second kappa shape index (κ2) is 8.70. The van der Waals surface area contributed by atoms with Gasteiger partial charge in [-0.3, -0.25) is 4.79 Å². The lowest BCUT2D eigenvalue weighted by Crippen LogP contribution is -2.16. The molecule has 2 N–H and O–H groups in total. The van der Waals surface area contributed by atoms with Gasteiger partial charge in [-0.1, -0.05) is 6.07 Å². The molecule has 1 aliphatic carbocycles. The van der Waals surface area contributed by atoms with Crippen LogP contribution in [-0.2, 0) is 0 Å². The second-order valence-corrected chi connectivity index (χ2v) is 9.17. The fourth-order valence-corrected chi connectivity index (χ4v) is 4.56. The zero-order valence-corrected chi connectivity index (χ0v) is 19.3. The van der Waals surface area contributed by atoms with Crippen LogP contribution in [0, 0.1) is 12.7 Å². The van der Waals surface area contributed by atoms with Gasteiger partial charge >= 0.3 is 0 Å². The van der Waals surface area contributed by atoms with Gasteiger partial charge in [-0.15, -0.1) is 10.2 Å². The number of aromatic nitrogens is 6. The zero-order chi connectivity index (χ0) is 23.9. The minimum absolute atomic E-state index is 0.0559. The summed E-state index contributed by atoms with van der Waals surface area (Å²) >= 11 is 0. The molecule has 4 aromatic rings. The smallest absolute Gasteiger partial charge is 0.259 e. The molecule has 2 fully saturated rings. The Balaban J connectivity index is 1.26. The van der Waals surface area contributed by atoms with Crippen molar-refractivity contribution >= 4 is 11.7 Å². The maximum Gasteiger partial charge on any atom is 0.259 e. The van der Waals surface area contributed by atoms with Gasteiger partial charge in [0.15, 0.2) is 5.82 Å². The number of halogens is 1. The average Bonchev–Trinajstić information content (AvgIpc) is 3.25. The molecule has 0 bridgehead atoms. The minimum atomic E-state index is -0.587. The first-order valence-electron chi connectivity index (χ1n) is 11.8. The Morgan fingerprint density at radius 1 is 1.20 bits per heavy atom. The van der Waals surface area contributed by atoms with Gasteiger partial charge in [0.2, 0.25) is 0 Å². The number of nitrogens with zero attached hydrogens (tertiary/aromatic N) is 6. The first kappa shape index (κ1) is 21.6. The highest BCUT2D eigenvalue weighted by molar-refractivity contribution is 6.04. The van der Waals surface area contributed by atoms with E-state index in [-0.39, 0.29) is 11.6 Å². The Morgan fingerprint density at radius 3 is 2.89 bits per heavy atom. The molecule has 2 aliphatic rings. The Bertz CT molecular complexity index is 1400. The van der Waals surface area contributed by atoms with E-state index >= 15 is 0 Å². The number of carbonyl (C=O) groups excluding carboxylic acids is 1. The molecule has 1 unspecified atom stereocenters. The number of imidazole rings is 1. The topological polar surface area (TPSA) is 103 Å². The van der Waals surface area contributed by atoms with Crippen molar-refractivity contribution < 1.29 is 9.18 Å². The molecule has 1 saturated carbocycles. The van der Waals surface area contributed by atoms with Crippen molar-refractivity contribution in [1.29, 1.82) is 0 Å². The summed E-state index contributed by atoms with van der Waals surface area (Å²) in [4.78, 5) is 22.1. The summed E-state index contributed by atoms with van der Waals surface area (Å²) in [7, 11) is 0. The number of hydrogen-bond acceptors (Lipinski definition) is 6. The normalized spacial score (nSPS) is 17.6. The molecule has 1 amide bonds. The summed E-state index contributed by atoms with van der Waals surface area (Å²) in [6.45, 7) is 3.60. The summed E-state index contributed by atoms with van der Waals surface area (Å²) in [6.07, 6.45) is 8.65. The highest BCUT2D eigenvalue weighted by atomic mass is 19.1. The largest absolute Gasteiger partial charge is 0.315 e. The van der Waals surface area contributed by atoms with E-state index in [0.29, 0.717) is 23.3 Å². The second-order valence-electron chi connectivity index (χ2n) is 9.17. The lowest BCUT2D eigenvalue weighted by Gasteiger charge is -2.13. The Morgan fingerprint density at radius 2 is 2.09 bits per heavy atom. The molecule has 4 heterocycles. The Labute approximate surface area is 201 Å². The van der Waals surface area contributed by atoms with Gasteiger partial charge < -0.3 is 19.8 Å². The van der Waals surface area contributed by atoms with Crippen LogP contribution in [-0.4, -0.2) is 48.3 Å². The molecule has 1 aliphatic heterocycles. The number of nitrogens with one attached hydrogen (secondary N) is 2. The van der Waals surface area contributed by atoms with Crippen molar-refractivity contribution in [2.75, 3.05) is 18.4 Å². The third-order valence-corrected chi connectivity index (χ3v) is 6.63. The lowest BCUT2D eigenvalue weighted by atomic mass is 10.1. The van der Waals surface area contributed by atoms with Crippen LogP contribution in [0.1, 0.15) is 52.8 Å². The predicted octanol–water partition coefficient (Wildman–Crippen LogP) is 3.64. The van der Waals surface area contributed by atoms with Crippen molar-refractivity contribution in [3.05, 3.63) is 71.8 Å². The molecule has 178 valence electrons. The van der Waals surface area contributed by atoms with Gasteiger partial charge in [-0.25, -0.2) is 14.4 Å². The molecule has 1 aromatic carbocycles.